The van der Waals surface area contributed by atoms with Gasteiger partial charge in [0.25, 0.3) is 0 Å². The highest BCUT2D eigenvalue weighted by atomic mass is 15.1. The summed E-state index contributed by atoms with van der Waals surface area (Å²) in [6, 6.07) is 6.24. The number of fused-ring (bicyclic) bond motifs is 1. The third-order valence-electron chi connectivity index (χ3n) is 3.10. The fourth-order valence-corrected chi connectivity index (χ4v) is 2.21. The first-order chi connectivity index (χ1) is 7.68. The van der Waals surface area contributed by atoms with Crippen LogP contribution in [0.5, 0.6) is 0 Å². The van der Waals surface area contributed by atoms with Crippen molar-refractivity contribution in [2.24, 2.45) is 0 Å². The maximum Gasteiger partial charge on any atom is 0.0422 e. The molecule has 16 heavy (non-hydrogen) atoms. The Bertz CT molecular complexity index is 403. The highest BCUT2D eigenvalue weighted by molar-refractivity contribution is 5.66. The van der Waals surface area contributed by atoms with Gasteiger partial charge in [0.1, 0.15) is 0 Å². The predicted molar refractivity (Wildman–Crippen MR) is 70.8 cm³/mol. The van der Waals surface area contributed by atoms with E-state index < -0.39 is 0 Å². The Morgan fingerprint density at radius 2 is 2.25 bits per heavy atom. The summed E-state index contributed by atoms with van der Waals surface area (Å²) >= 11 is 0. The van der Waals surface area contributed by atoms with Crippen molar-refractivity contribution in [2.75, 3.05) is 23.7 Å². The second kappa shape index (κ2) is 4.60. The lowest BCUT2D eigenvalue weighted by molar-refractivity contribution is 0.722. The molecule has 0 spiro atoms. The van der Waals surface area contributed by atoms with Crippen molar-refractivity contribution in [2.45, 2.75) is 26.7 Å². The van der Waals surface area contributed by atoms with Gasteiger partial charge in [0.05, 0.1) is 0 Å². The molecule has 2 N–H and O–H groups in total. The molecular formula is C14H20N2. The van der Waals surface area contributed by atoms with Gasteiger partial charge in [-0.05, 0) is 44.4 Å². The topological polar surface area (TPSA) is 29.3 Å². The number of rotatable bonds is 2. The first kappa shape index (κ1) is 11.1. The van der Waals surface area contributed by atoms with Crippen molar-refractivity contribution in [1.29, 1.82) is 0 Å². The smallest absolute Gasteiger partial charge is 0.0422 e. The lowest BCUT2D eigenvalue weighted by Crippen LogP contribution is -2.29. The molecule has 1 heterocycles. The number of nitrogen functional groups attached to an aromatic ring is 1. The van der Waals surface area contributed by atoms with E-state index in [9.17, 15) is 0 Å². The summed E-state index contributed by atoms with van der Waals surface area (Å²) in [4.78, 5) is 2.42. The summed E-state index contributed by atoms with van der Waals surface area (Å²) in [5.41, 5.74) is 11.0. The van der Waals surface area contributed by atoms with Gasteiger partial charge in [-0.1, -0.05) is 17.7 Å². The Labute approximate surface area is 97.8 Å². The molecule has 2 heteroatoms. The molecule has 0 amide bonds. The first-order valence-electron chi connectivity index (χ1n) is 5.94. The van der Waals surface area contributed by atoms with Crippen LogP contribution in [0.25, 0.3) is 0 Å². The number of hydrogen-bond acceptors (Lipinski definition) is 2. The minimum atomic E-state index is 0.944. The molecule has 0 atom stereocenters. The summed E-state index contributed by atoms with van der Waals surface area (Å²) < 4.78 is 0. The molecule has 0 bridgehead atoms. The summed E-state index contributed by atoms with van der Waals surface area (Å²) in [5, 5.41) is 0. The summed E-state index contributed by atoms with van der Waals surface area (Å²) in [7, 11) is 0. The number of allylic oxidation sites excluding steroid dienone is 1. The minimum Gasteiger partial charge on any atom is -0.398 e. The number of benzene rings is 1. The molecule has 1 aromatic rings. The van der Waals surface area contributed by atoms with E-state index in [1.54, 1.807) is 0 Å². The Balaban J connectivity index is 2.26. The van der Waals surface area contributed by atoms with E-state index in [4.69, 9.17) is 5.73 Å². The molecule has 1 aliphatic heterocycles. The molecule has 2 rings (SSSR count). The maximum absolute atomic E-state index is 6.02. The SMILES string of the molecule is CC(C)=CCN1CCCc2c(N)cccc21. The van der Waals surface area contributed by atoms with Crippen LogP contribution < -0.4 is 10.6 Å². The Kier molecular flexibility index (Phi) is 3.18. The summed E-state index contributed by atoms with van der Waals surface area (Å²) in [6.07, 6.45) is 4.60. The van der Waals surface area contributed by atoms with Gasteiger partial charge >= 0.3 is 0 Å². The number of nitrogens with two attached hydrogens (primary N) is 1. The number of nitrogens with zero attached hydrogens (tertiary/aromatic N) is 1. The highest BCUT2D eigenvalue weighted by Crippen LogP contribution is 2.30. The van der Waals surface area contributed by atoms with Crippen LogP contribution in [0.1, 0.15) is 25.8 Å². The zero-order chi connectivity index (χ0) is 11.5. The summed E-state index contributed by atoms with van der Waals surface area (Å²) in [5.74, 6) is 0. The van der Waals surface area contributed by atoms with Gasteiger partial charge in [-0.3, -0.25) is 0 Å². The lowest BCUT2D eigenvalue weighted by Gasteiger charge is -2.31. The molecule has 0 fully saturated rings. The Morgan fingerprint density at radius 3 is 3.00 bits per heavy atom. The van der Waals surface area contributed by atoms with Crippen LogP contribution in [0.2, 0.25) is 0 Å². The maximum atomic E-state index is 6.02. The van der Waals surface area contributed by atoms with E-state index in [1.165, 1.54) is 23.2 Å². The van der Waals surface area contributed by atoms with Gasteiger partial charge in [0.15, 0.2) is 0 Å². The van der Waals surface area contributed by atoms with E-state index in [2.05, 4.69) is 37.0 Å². The van der Waals surface area contributed by atoms with E-state index in [1.807, 2.05) is 6.07 Å². The Morgan fingerprint density at radius 1 is 1.44 bits per heavy atom. The molecule has 0 saturated heterocycles. The predicted octanol–water partition coefficient (Wildman–Crippen LogP) is 2.99. The van der Waals surface area contributed by atoms with E-state index in [0.717, 1.165) is 25.2 Å². The van der Waals surface area contributed by atoms with Gasteiger partial charge in [0, 0.05) is 24.5 Å². The molecule has 1 aliphatic rings. The van der Waals surface area contributed by atoms with Gasteiger partial charge in [0.2, 0.25) is 0 Å². The number of anilines is 2. The molecule has 2 nitrogen and oxygen atoms in total. The van der Waals surface area contributed by atoms with E-state index in [-0.39, 0.29) is 0 Å². The standard InChI is InChI=1S/C14H20N2/c1-11(2)8-10-16-9-4-5-12-13(15)6-3-7-14(12)16/h3,6-8H,4-5,9-10,15H2,1-2H3. The van der Waals surface area contributed by atoms with Crippen LogP contribution >= 0.6 is 0 Å². The minimum absolute atomic E-state index is 0.944. The lowest BCUT2D eigenvalue weighted by atomic mass is 10.00. The average Bonchev–Trinajstić information content (AvgIpc) is 2.27. The van der Waals surface area contributed by atoms with Crippen LogP contribution in [-0.2, 0) is 6.42 Å². The molecule has 0 saturated carbocycles. The van der Waals surface area contributed by atoms with Crippen molar-refractivity contribution in [3.63, 3.8) is 0 Å². The third-order valence-corrected chi connectivity index (χ3v) is 3.10. The summed E-state index contributed by atoms with van der Waals surface area (Å²) in [6.45, 7) is 6.42. The van der Waals surface area contributed by atoms with Gasteiger partial charge in [-0.15, -0.1) is 0 Å². The molecule has 0 aromatic heterocycles. The van der Waals surface area contributed by atoms with Gasteiger partial charge < -0.3 is 10.6 Å². The van der Waals surface area contributed by atoms with Crippen molar-refractivity contribution in [1.82, 2.24) is 0 Å². The van der Waals surface area contributed by atoms with Crippen LogP contribution in [0.15, 0.2) is 29.8 Å². The third kappa shape index (κ3) is 2.21. The van der Waals surface area contributed by atoms with Crippen molar-refractivity contribution < 1.29 is 0 Å². The second-order valence-electron chi connectivity index (χ2n) is 4.68. The molecular weight excluding hydrogens is 196 g/mol. The molecule has 0 unspecified atom stereocenters. The molecule has 0 radical (unpaired) electrons. The second-order valence-corrected chi connectivity index (χ2v) is 4.68. The molecule has 0 aliphatic carbocycles. The fraction of sp³-hybridized carbons (Fsp3) is 0.429. The van der Waals surface area contributed by atoms with Crippen LogP contribution in [-0.4, -0.2) is 13.1 Å². The van der Waals surface area contributed by atoms with Gasteiger partial charge in [-0.2, -0.15) is 0 Å². The quantitative estimate of drug-likeness (QED) is 0.608. The normalized spacial score (nSPS) is 14.5. The highest BCUT2D eigenvalue weighted by Gasteiger charge is 2.17. The first-order valence-corrected chi connectivity index (χ1v) is 5.94. The number of hydrogen-bond donors (Lipinski definition) is 1. The van der Waals surface area contributed by atoms with Gasteiger partial charge in [-0.25, -0.2) is 0 Å². The van der Waals surface area contributed by atoms with Crippen molar-refractivity contribution in [3.8, 4) is 0 Å². The van der Waals surface area contributed by atoms with Crippen molar-refractivity contribution in [3.05, 3.63) is 35.4 Å². The molecule has 86 valence electrons. The molecule has 1 aromatic carbocycles. The zero-order valence-electron chi connectivity index (χ0n) is 10.2. The van der Waals surface area contributed by atoms with E-state index >= 15 is 0 Å². The van der Waals surface area contributed by atoms with Crippen LogP contribution in [0.4, 0.5) is 11.4 Å². The Hall–Kier alpha value is -1.44. The van der Waals surface area contributed by atoms with E-state index in [0.29, 0.717) is 0 Å². The zero-order valence-corrected chi connectivity index (χ0v) is 10.2. The monoisotopic (exact) mass is 216 g/mol. The fourth-order valence-electron chi connectivity index (χ4n) is 2.21. The van der Waals surface area contributed by atoms with Crippen LogP contribution in [0.3, 0.4) is 0 Å². The average molecular weight is 216 g/mol. The van der Waals surface area contributed by atoms with Crippen LogP contribution in [0, 0.1) is 0 Å². The van der Waals surface area contributed by atoms with Crippen molar-refractivity contribution >= 4 is 11.4 Å². The largest absolute Gasteiger partial charge is 0.398 e.